The van der Waals surface area contributed by atoms with Crippen molar-refractivity contribution < 1.29 is 14.3 Å². The lowest BCUT2D eigenvalue weighted by molar-refractivity contribution is -0.122. The van der Waals surface area contributed by atoms with Crippen LogP contribution < -0.4 is 15.4 Å². The molecule has 156 valence electrons. The molecule has 0 saturated heterocycles. The number of aryl methyl sites for hydroxylation is 1. The Balaban J connectivity index is 1.81. The van der Waals surface area contributed by atoms with Crippen molar-refractivity contribution in [3.8, 4) is 5.75 Å². The van der Waals surface area contributed by atoms with Crippen molar-refractivity contribution in [2.24, 2.45) is 0 Å². The number of carbonyl (C=O) groups is 2. The van der Waals surface area contributed by atoms with Gasteiger partial charge in [0.25, 0.3) is 0 Å². The molecule has 5 heteroatoms. The van der Waals surface area contributed by atoms with E-state index in [2.05, 4.69) is 43.5 Å². The molecule has 2 rings (SSSR count). The van der Waals surface area contributed by atoms with Gasteiger partial charge in [-0.15, -0.1) is 0 Å². The van der Waals surface area contributed by atoms with Crippen LogP contribution in [-0.4, -0.2) is 25.0 Å². The van der Waals surface area contributed by atoms with E-state index in [9.17, 15) is 9.59 Å². The van der Waals surface area contributed by atoms with E-state index in [0.29, 0.717) is 13.2 Å². The lowest BCUT2D eigenvalue weighted by Gasteiger charge is -2.19. The molecule has 2 amide bonds. The summed E-state index contributed by atoms with van der Waals surface area (Å²) in [5.41, 5.74) is 3.40. The average Bonchev–Trinajstić information content (AvgIpc) is 2.64. The van der Waals surface area contributed by atoms with Crippen molar-refractivity contribution in [1.82, 2.24) is 10.6 Å². The first-order chi connectivity index (χ1) is 13.6. The average molecular weight is 397 g/mol. The largest absolute Gasteiger partial charge is 0.492 e. The van der Waals surface area contributed by atoms with Crippen LogP contribution in [0.1, 0.15) is 56.8 Å². The maximum absolute atomic E-state index is 12.3. The number of hydrogen-bond acceptors (Lipinski definition) is 3. The van der Waals surface area contributed by atoms with E-state index in [-0.39, 0.29) is 29.7 Å². The summed E-state index contributed by atoms with van der Waals surface area (Å²) in [6.45, 7) is 10.8. The molecule has 1 unspecified atom stereocenters. The standard InChI is InChI=1S/C24H32N2O3/c1-17-6-8-19(9-7-17)22(26-18(2)27)16-23(28)25-14-15-29-21-12-10-20(11-13-21)24(3,4)5/h6-13,22H,14-16H2,1-5H3,(H,25,28)(H,26,27). The first-order valence-electron chi connectivity index (χ1n) is 9.99. The summed E-state index contributed by atoms with van der Waals surface area (Å²) in [5.74, 6) is 0.490. The van der Waals surface area contributed by atoms with Gasteiger partial charge in [0, 0.05) is 6.92 Å². The van der Waals surface area contributed by atoms with Gasteiger partial charge in [-0.1, -0.05) is 62.7 Å². The second-order valence-electron chi connectivity index (χ2n) is 8.34. The molecule has 0 aliphatic rings. The van der Waals surface area contributed by atoms with Crippen LogP contribution in [0.3, 0.4) is 0 Å². The SMILES string of the molecule is CC(=O)NC(CC(=O)NCCOc1ccc(C(C)(C)C)cc1)c1ccc(C)cc1. The molecule has 1 atom stereocenters. The summed E-state index contributed by atoms with van der Waals surface area (Å²) in [5, 5.41) is 5.71. The molecule has 0 saturated carbocycles. The third-order valence-corrected chi connectivity index (χ3v) is 4.66. The van der Waals surface area contributed by atoms with Crippen molar-refractivity contribution in [3.05, 3.63) is 65.2 Å². The number of rotatable bonds is 8. The Bertz CT molecular complexity index is 806. The van der Waals surface area contributed by atoms with Crippen molar-refractivity contribution >= 4 is 11.8 Å². The highest BCUT2D eigenvalue weighted by Crippen LogP contribution is 2.24. The Morgan fingerprint density at radius 3 is 2.17 bits per heavy atom. The molecule has 0 aliphatic heterocycles. The van der Waals surface area contributed by atoms with Gasteiger partial charge in [-0.3, -0.25) is 9.59 Å². The quantitative estimate of drug-likeness (QED) is 0.662. The van der Waals surface area contributed by atoms with Crippen LogP contribution in [0, 0.1) is 6.92 Å². The van der Waals surface area contributed by atoms with Crippen LogP contribution in [0.4, 0.5) is 0 Å². The van der Waals surface area contributed by atoms with Crippen molar-refractivity contribution in [2.75, 3.05) is 13.2 Å². The first-order valence-corrected chi connectivity index (χ1v) is 9.99. The number of amides is 2. The summed E-state index contributed by atoms with van der Waals surface area (Å²) >= 11 is 0. The fraction of sp³-hybridized carbons (Fsp3) is 0.417. The number of nitrogens with one attached hydrogen (secondary N) is 2. The Morgan fingerprint density at radius 2 is 1.62 bits per heavy atom. The zero-order valence-electron chi connectivity index (χ0n) is 18.0. The molecule has 5 nitrogen and oxygen atoms in total. The molecule has 29 heavy (non-hydrogen) atoms. The van der Waals surface area contributed by atoms with Crippen molar-refractivity contribution in [1.29, 1.82) is 0 Å². The van der Waals surface area contributed by atoms with E-state index in [1.165, 1.54) is 12.5 Å². The summed E-state index contributed by atoms with van der Waals surface area (Å²) in [6.07, 6.45) is 0.183. The van der Waals surface area contributed by atoms with Crippen LogP contribution in [0.2, 0.25) is 0 Å². The highest BCUT2D eigenvalue weighted by Gasteiger charge is 2.17. The monoisotopic (exact) mass is 396 g/mol. The van der Waals surface area contributed by atoms with Gasteiger partial charge in [0.05, 0.1) is 19.0 Å². The van der Waals surface area contributed by atoms with Gasteiger partial charge < -0.3 is 15.4 Å². The van der Waals surface area contributed by atoms with Crippen molar-refractivity contribution in [2.45, 2.75) is 52.5 Å². The number of hydrogen-bond donors (Lipinski definition) is 2. The van der Waals surface area contributed by atoms with Gasteiger partial charge in [0.15, 0.2) is 0 Å². The highest BCUT2D eigenvalue weighted by molar-refractivity contribution is 5.79. The molecule has 0 heterocycles. The summed E-state index contributed by atoms with van der Waals surface area (Å²) in [7, 11) is 0. The van der Waals surface area contributed by atoms with E-state index >= 15 is 0 Å². The van der Waals surface area contributed by atoms with Gasteiger partial charge in [0.1, 0.15) is 12.4 Å². The molecule has 2 aromatic carbocycles. The molecular weight excluding hydrogens is 364 g/mol. The van der Waals surface area contributed by atoms with E-state index < -0.39 is 0 Å². The van der Waals surface area contributed by atoms with E-state index in [4.69, 9.17) is 4.74 Å². The normalized spacial score (nSPS) is 12.2. The molecule has 0 radical (unpaired) electrons. The van der Waals surface area contributed by atoms with Crippen LogP contribution in [-0.2, 0) is 15.0 Å². The third kappa shape index (κ3) is 7.60. The lowest BCUT2D eigenvalue weighted by Crippen LogP contribution is -2.34. The number of ether oxygens (including phenoxy) is 1. The highest BCUT2D eigenvalue weighted by atomic mass is 16.5. The summed E-state index contributed by atoms with van der Waals surface area (Å²) in [4.78, 5) is 23.8. The zero-order chi connectivity index (χ0) is 21.4. The summed E-state index contributed by atoms with van der Waals surface area (Å²) in [6, 6.07) is 15.5. The maximum atomic E-state index is 12.3. The molecule has 0 fully saturated rings. The Hall–Kier alpha value is -2.82. The van der Waals surface area contributed by atoms with Crippen LogP contribution in [0.25, 0.3) is 0 Å². The van der Waals surface area contributed by atoms with Gasteiger partial charge >= 0.3 is 0 Å². The number of carbonyl (C=O) groups excluding carboxylic acids is 2. The zero-order valence-corrected chi connectivity index (χ0v) is 18.0. The minimum Gasteiger partial charge on any atom is -0.492 e. The minimum atomic E-state index is -0.348. The fourth-order valence-electron chi connectivity index (χ4n) is 2.96. The first kappa shape index (κ1) is 22.5. The Labute approximate surface area is 173 Å². The van der Waals surface area contributed by atoms with Gasteiger partial charge in [0.2, 0.25) is 11.8 Å². The molecule has 0 spiro atoms. The molecule has 0 bridgehead atoms. The molecule has 0 aromatic heterocycles. The third-order valence-electron chi connectivity index (χ3n) is 4.66. The lowest BCUT2D eigenvalue weighted by atomic mass is 9.87. The molecular formula is C24H32N2O3. The smallest absolute Gasteiger partial charge is 0.222 e. The Morgan fingerprint density at radius 1 is 1.00 bits per heavy atom. The van der Waals surface area contributed by atoms with E-state index in [1.54, 1.807) is 0 Å². The van der Waals surface area contributed by atoms with Gasteiger partial charge in [-0.25, -0.2) is 0 Å². The second-order valence-corrected chi connectivity index (χ2v) is 8.34. The fourth-order valence-corrected chi connectivity index (χ4v) is 2.96. The maximum Gasteiger partial charge on any atom is 0.222 e. The van der Waals surface area contributed by atoms with Crippen LogP contribution in [0.15, 0.2) is 48.5 Å². The molecule has 2 aromatic rings. The van der Waals surface area contributed by atoms with Crippen LogP contribution >= 0.6 is 0 Å². The van der Waals surface area contributed by atoms with Gasteiger partial charge in [-0.05, 0) is 35.6 Å². The Kier molecular flexibility index (Phi) is 7.82. The topological polar surface area (TPSA) is 67.4 Å². The van der Waals surface area contributed by atoms with Crippen LogP contribution in [0.5, 0.6) is 5.75 Å². The van der Waals surface area contributed by atoms with E-state index in [0.717, 1.165) is 16.9 Å². The van der Waals surface area contributed by atoms with Crippen molar-refractivity contribution in [3.63, 3.8) is 0 Å². The predicted octanol–water partition coefficient (Wildman–Crippen LogP) is 4.06. The predicted molar refractivity (Wildman–Crippen MR) is 116 cm³/mol. The minimum absolute atomic E-state index is 0.106. The molecule has 2 N–H and O–H groups in total. The molecule has 0 aliphatic carbocycles. The van der Waals surface area contributed by atoms with E-state index in [1.807, 2.05) is 43.3 Å². The van der Waals surface area contributed by atoms with Gasteiger partial charge in [-0.2, -0.15) is 0 Å². The second kappa shape index (κ2) is 10.1. The number of benzene rings is 2. The summed E-state index contributed by atoms with van der Waals surface area (Å²) < 4.78 is 5.71.